The fourth-order valence-corrected chi connectivity index (χ4v) is 8.92. The zero-order valence-electron chi connectivity index (χ0n) is 18.9. The number of nitrogens with two attached hydrogens (primary N) is 1. The van der Waals surface area contributed by atoms with E-state index in [-0.39, 0.29) is 12.5 Å². The van der Waals surface area contributed by atoms with Gasteiger partial charge in [0.05, 0.1) is 0 Å². The van der Waals surface area contributed by atoms with Gasteiger partial charge in [0.1, 0.15) is 0 Å². The normalized spacial score (nSPS) is 13.2. The molecule has 2 aromatic carbocycles. The number of carbonyl (C=O) groups excluding carboxylic acids is 1. The number of rotatable bonds is 11. The van der Waals surface area contributed by atoms with E-state index in [1.54, 1.807) is 19.2 Å². The Balaban J connectivity index is 1.91. The quantitative estimate of drug-likeness (QED) is 0.339. The van der Waals surface area contributed by atoms with Gasteiger partial charge in [-0.05, 0) is 24.3 Å². The molecular formula is C24H28AsClNO5S. The van der Waals surface area contributed by atoms with E-state index >= 15 is 0 Å². The predicted molar refractivity (Wildman–Crippen MR) is 132 cm³/mol. The number of primary amides is 1. The van der Waals surface area contributed by atoms with E-state index in [9.17, 15) is 13.2 Å². The molecule has 2 N–H and O–H groups in total. The molecule has 2 unspecified atom stereocenters. The number of hydrogen-bond donors (Lipinski definition) is 1. The molecule has 2 rings (SSSR count). The Labute approximate surface area is 206 Å². The Morgan fingerprint density at radius 1 is 1.18 bits per heavy atom. The van der Waals surface area contributed by atoms with Crippen molar-refractivity contribution in [2.75, 3.05) is 20.0 Å². The summed E-state index contributed by atoms with van der Waals surface area (Å²) in [6, 6.07) is 13.0. The molecule has 2 aromatic rings. The fourth-order valence-electron chi connectivity index (χ4n) is 3.20. The molecule has 33 heavy (non-hydrogen) atoms. The van der Waals surface area contributed by atoms with Gasteiger partial charge in [0.25, 0.3) is 0 Å². The van der Waals surface area contributed by atoms with Crippen molar-refractivity contribution in [3.05, 3.63) is 58.6 Å². The number of ether oxygens (including phenoxy) is 2. The van der Waals surface area contributed by atoms with Gasteiger partial charge in [0.2, 0.25) is 0 Å². The molecule has 0 aromatic heterocycles. The number of aryl methyl sites for hydroxylation is 1. The van der Waals surface area contributed by atoms with Crippen molar-refractivity contribution in [2.24, 2.45) is 11.7 Å². The Hall–Kier alpha value is -2.13. The van der Waals surface area contributed by atoms with Crippen LogP contribution in [-0.2, 0) is 19.3 Å². The van der Waals surface area contributed by atoms with E-state index < -0.39 is 33.3 Å². The maximum atomic E-state index is 11.7. The molecule has 177 valence electrons. The molecule has 0 aliphatic heterocycles. The molecule has 2 atom stereocenters. The molecule has 1 amide bonds. The van der Waals surface area contributed by atoms with Crippen molar-refractivity contribution in [3.8, 4) is 23.3 Å². The van der Waals surface area contributed by atoms with Crippen LogP contribution in [0.4, 0.5) is 0 Å². The number of benzene rings is 2. The monoisotopic (exact) mass is 552 g/mol. The Morgan fingerprint density at radius 2 is 1.88 bits per heavy atom. The van der Waals surface area contributed by atoms with Crippen molar-refractivity contribution >= 4 is 40.2 Å². The standard InChI is InChI=1S/C24H28AsClNO5S/c1-17(23(24(27)28)25-33(3,29)30)6-4-7-19-11-14-21(22(16-19)31-2)32-15-5-8-18-9-12-20(26)13-10-18/h9-14,16-17,23H,4,6-7,15H2,1-3H3,(H2,27,28). The van der Waals surface area contributed by atoms with Crippen molar-refractivity contribution < 1.29 is 22.7 Å². The van der Waals surface area contributed by atoms with Gasteiger partial charge in [-0.25, -0.2) is 0 Å². The summed E-state index contributed by atoms with van der Waals surface area (Å²) in [5.41, 5.74) is 7.36. The van der Waals surface area contributed by atoms with Crippen molar-refractivity contribution in [1.82, 2.24) is 0 Å². The fraction of sp³-hybridized carbons (Fsp3) is 0.375. The Bertz CT molecular complexity index is 1110. The first kappa shape index (κ1) is 27.1. The molecule has 0 saturated heterocycles. The molecule has 0 aliphatic carbocycles. The third kappa shape index (κ3) is 9.71. The second-order valence-corrected chi connectivity index (χ2v) is 16.4. The van der Waals surface area contributed by atoms with Crippen molar-refractivity contribution in [1.29, 1.82) is 0 Å². The number of amides is 1. The molecule has 0 saturated carbocycles. The SMILES string of the molecule is COc1cc(CCCC(C)C([As]S(C)(=O)=O)C(N)=O)ccc1OCC#Cc1ccc(Cl)cc1. The van der Waals surface area contributed by atoms with Gasteiger partial charge >= 0.3 is 155 Å². The summed E-state index contributed by atoms with van der Waals surface area (Å²) in [6.07, 6.45) is 3.43. The van der Waals surface area contributed by atoms with Gasteiger partial charge in [-0.2, -0.15) is 0 Å². The third-order valence-corrected chi connectivity index (χ3v) is 11.2. The summed E-state index contributed by atoms with van der Waals surface area (Å²) >= 11 is 4.70. The third-order valence-electron chi connectivity index (χ3n) is 4.87. The topological polar surface area (TPSA) is 95.7 Å². The maximum absolute atomic E-state index is 11.7. The van der Waals surface area contributed by atoms with Crippen molar-refractivity contribution in [2.45, 2.75) is 30.9 Å². The molecule has 0 spiro atoms. The van der Waals surface area contributed by atoms with E-state index in [4.69, 9.17) is 26.8 Å². The number of methoxy groups -OCH3 is 1. The van der Waals surface area contributed by atoms with Gasteiger partial charge in [0, 0.05) is 10.6 Å². The Kier molecular flexibility index (Phi) is 10.6. The van der Waals surface area contributed by atoms with Crippen LogP contribution in [0.25, 0.3) is 0 Å². The zero-order chi connectivity index (χ0) is 24.4. The van der Waals surface area contributed by atoms with Gasteiger partial charge in [-0.15, -0.1) is 0 Å². The van der Waals surface area contributed by atoms with E-state index in [1.165, 1.54) is 0 Å². The second kappa shape index (κ2) is 12.9. The minimum absolute atomic E-state index is 0.0825. The molecular weight excluding hydrogens is 525 g/mol. The van der Waals surface area contributed by atoms with Crippen LogP contribution < -0.4 is 15.2 Å². The van der Waals surface area contributed by atoms with Crippen LogP contribution in [0.5, 0.6) is 11.5 Å². The van der Waals surface area contributed by atoms with E-state index in [0.29, 0.717) is 22.9 Å². The Morgan fingerprint density at radius 3 is 2.48 bits per heavy atom. The van der Waals surface area contributed by atoms with Gasteiger partial charge in [-0.3, -0.25) is 0 Å². The van der Waals surface area contributed by atoms with Crippen LogP contribution in [0.2, 0.25) is 9.73 Å². The van der Waals surface area contributed by atoms with E-state index in [1.807, 2.05) is 37.3 Å². The summed E-state index contributed by atoms with van der Waals surface area (Å²) in [7, 11) is -1.60. The molecule has 9 heteroatoms. The molecule has 0 fully saturated rings. The molecule has 6 nitrogen and oxygen atoms in total. The first-order valence-corrected chi connectivity index (χ1v) is 16.0. The minimum Gasteiger partial charge on any atom is -0.0843 e. The van der Waals surface area contributed by atoms with Crippen LogP contribution in [0.1, 0.15) is 30.9 Å². The molecule has 1 radical (unpaired) electrons. The van der Waals surface area contributed by atoms with Crippen LogP contribution in [0.15, 0.2) is 42.5 Å². The van der Waals surface area contributed by atoms with Gasteiger partial charge in [0.15, 0.2) is 0 Å². The minimum atomic E-state index is -3.18. The summed E-state index contributed by atoms with van der Waals surface area (Å²) in [6.45, 7) is 2.10. The van der Waals surface area contributed by atoms with Crippen LogP contribution in [-0.4, -0.2) is 48.9 Å². The summed E-state index contributed by atoms with van der Waals surface area (Å²) in [4.78, 5) is 11.7. The average Bonchev–Trinajstić information content (AvgIpc) is 2.76. The molecule has 0 aliphatic rings. The zero-order valence-corrected chi connectivity index (χ0v) is 22.3. The number of carbonyl (C=O) groups is 1. The van der Waals surface area contributed by atoms with Crippen LogP contribution in [0.3, 0.4) is 0 Å². The van der Waals surface area contributed by atoms with E-state index in [2.05, 4.69) is 11.8 Å². The summed E-state index contributed by atoms with van der Waals surface area (Å²) in [5, 5.41) is 0.666. The first-order valence-electron chi connectivity index (χ1n) is 10.3. The van der Waals surface area contributed by atoms with Crippen LogP contribution in [0, 0.1) is 17.8 Å². The second-order valence-electron chi connectivity index (χ2n) is 7.64. The van der Waals surface area contributed by atoms with E-state index in [0.717, 1.165) is 30.2 Å². The van der Waals surface area contributed by atoms with Crippen molar-refractivity contribution in [3.63, 3.8) is 0 Å². The number of hydrogen-bond acceptors (Lipinski definition) is 5. The molecule has 0 heterocycles. The van der Waals surface area contributed by atoms with Gasteiger partial charge in [-0.1, -0.05) is 17.5 Å². The average molecular weight is 553 g/mol. The van der Waals surface area contributed by atoms with Gasteiger partial charge < -0.3 is 0 Å². The smallest absolute Gasteiger partial charge is 0.0843 e. The molecule has 0 bridgehead atoms. The summed E-state index contributed by atoms with van der Waals surface area (Å²) in [5.74, 6) is 6.59. The predicted octanol–water partition coefficient (Wildman–Crippen LogP) is 3.68. The number of halogens is 1. The first-order chi connectivity index (χ1) is 15.6. The summed E-state index contributed by atoms with van der Waals surface area (Å²) < 4.78 is 33.9. The van der Waals surface area contributed by atoms with Crippen LogP contribution >= 0.6 is 11.6 Å².